The molecule has 0 spiro atoms. The quantitative estimate of drug-likeness (QED) is 0.323. The van der Waals surface area contributed by atoms with Crippen LogP contribution in [0.4, 0.5) is 0 Å². The molecule has 1 heterocycles. The number of hydrogen-bond acceptors (Lipinski definition) is 1. The van der Waals surface area contributed by atoms with Gasteiger partial charge < -0.3 is 0 Å². The molecule has 3 heteroatoms. The van der Waals surface area contributed by atoms with Crippen LogP contribution in [0.3, 0.4) is 0 Å². The molecule has 0 aliphatic carbocycles. The van der Waals surface area contributed by atoms with Gasteiger partial charge in [-0.15, -0.1) is 0 Å². The van der Waals surface area contributed by atoms with Crippen molar-refractivity contribution in [2.75, 3.05) is 0 Å². The maximum absolute atomic E-state index is 4.92. The zero-order valence-corrected chi connectivity index (χ0v) is 17.2. The van der Waals surface area contributed by atoms with Crippen LogP contribution in [0.15, 0.2) is 109 Å². The van der Waals surface area contributed by atoms with E-state index < -0.39 is 7.26 Å². The van der Waals surface area contributed by atoms with Gasteiger partial charge in [0.1, 0.15) is 15.9 Å². The molecule has 3 aromatic carbocycles. The molecule has 0 saturated carbocycles. The van der Waals surface area contributed by atoms with Crippen molar-refractivity contribution < 1.29 is 0 Å². The molecule has 126 valence electrons. The highest BCUT2D eigenvalue weighted by Crippen LogP contribution is 2.53. The molecule has 4 rings (SSSR count). The third-order valence-electron chi connectivity index (χ3n) is 4.49. The van der Waals surface area contributed by atoms with Gasteiger partial charge in [0.2, 0.25) is 0 Å². The predicted octanol–water partition coefficient (Wildman–Crippen LogP) is 4.31. The monoisotopic (exact) mass is 466 g/mol. The Morgan fingerprint density at radius 2 is 0.962 bits per heavy atom. The molecule has 4 aromatic rings. The maximum Gasteiger partial charge on any atom is 0.198 e. The third-order valence-corrected chi connectivity index (χ3v) is 9.29. The summed E-state index contributed by atoms with van der Waals surface area (Å²) >= 11 is 2.32. The first-order valence-electron chi connectivity index (χ1n) is 8.50. The number of rotatable bonds is 4. The van der Waals surface area contributed by atoms with Gasteiger partial charge >= 0.3 is 0 Å². The van der Waals surface area contributed by atoms with Gasteiger partial charge in [0.15, 0.2) is 12.7 Å². The average molecular weight is 466 g/mol. The minimum atomic E-state index is -2.04. The smallest absolute Gasteiger partial charge is 0.198 e. The van der Waals surface area contributed by atoms with E-state index in [4.69, 9.17) is 4.98 Å². The maximum atomic E-state index is 4.92. The van der Waals surface area contributed by atoms with Crippen LogP contribution in [0.1, 0.15) is 0 Å². The van der Waals surface area contributed by atoms with Crippen LogP contribution in [0, 0.1) is 3.57 Å². The van der Waals surface area contributed by atoms with Crippen LogP contribution >= 0.6 is 29.9 Å². The van der Waals surface area contributed by atoms with Crippen LogP contribution in [-0.2, 0) is 0 Å². The van der Waals surface area contributed by atoms with Crippen molar-refractivity contribution in [1.29, 1.82) is 0 Å². The molecule has 0 saturated heterocycles. The molecule has 0 unspecified atom stereocenters. The summed E-state index contributed by atoms with van der Waals surface area (Å²) in [6.07, 6.45) is 1.97. The van der Waals surface area contributed by atoms with Crippen LogP contribution in [0.5, 0.6) is 0 Å². The topological polar surface area (TPSA) is 12.9 Å². The van der Waals surface area contributed by atoms with Gasteiger partial charge in [0.25, 0.3) is 0 Å². The predicted molar refractivity (Wildman–Crippen MR) is 122 cm³/mol. The van der Waals surface area contributed by atoms with Crippen molar-refractivity contribution >= 4 is 51.2 Å². The summed E-state index contributed by atoms with van der Waals surface area (Å²) in [5.41, 5.74) is 1.14. The molecular weight excluding hydrogens is 448 g/mol. The van der Waals surface area contributed by atoms with Crippen molar-refractivity contribution in [3.8, 4) is 0 Å². The van der Waals surface area contributed by atoms with Gasteiger partial charge in [0, 0.05) is 15.8 Å². The van der Waals surface area contributed by atoms with E-state index in [0.717, 1.165) is 9.01 Å². The Balaban J connectivity index is 2.12. The SMILES string of the molecule is Ic1ccc([P+](c2ccccc2)(c2ccccc2)c2ccccc2)nc1. The molecular formula is C23H18INP+. The normalized spacial score (nSPS) is 11.3. The Bertz CT molecular complexity index is 874. The first-order valence-corrected chi connectivity index (χ1v) is 11.4. The highest BCUT2D eigenvalue weighted by molar-refractivity contribution is 14.1. The van der Waals surface area contributed by atoms with E-state index in [0.29, 0.717) is 0 Å². The Morgan fingerprint density at radius 3 is 1.31 bits per heavy atom. The van der Waals surface area contributed by atoms with E-state index >= 15 is 0 Å². The minimum Gasteiger partial charge on any atom is -0.220 e. The van der Waals surface area contributed by atoms with Gasteiger partial charge in [-0.05, 0) is 65.1 Å². The molecule has 1 nitrogen and oxygen atoms in total. The second-order valence-electron chi connectivity index (χ2n) is 6.01. The fourth-order valence-corrected chi connectivity index (χ4v) is 7.76. The molecule has 0 fully saturated rings. The van der Waals surface area contributed by atoms with Gasteiger partial charge in [-0.2, -0.15) is 0 Å². The summed E-state index contributed by atoms with van der Waals surface area (Å²) in [5, 5.41) is 3.98. The number of benzene rings is 3. The van der Waals surface area contributed by atoms with Gasteiger partial charge in [-0.1, -0.05) is 54.6 Å². The van der Waals surface area contributed by atoms with E-state index in [9.17, 15) is 0 Å². The average Bonchev–Trinajstić information content (AvgIpc) is 2.72. The molecule has 26 heavy (non-hydrogen) atoms. The lowest BCUT2D eigenvalue weighted by Gasteiger charge is -2.26. The first kappa shape index (κ1) is 17.4. The summed E-state index contributed by atoms with van der Waals surface area (Å²) < 4.78 is 1.15. The number of nitrogens with zero attached hydrogens (tertiary/aromatic N) is 1. The van der Waals surface area contributed by atoms with Crippen molar-refractivity contribution in [2.24, 2.45) is 0 Å². The minimum absolute atomic E-state index is 1.14. The van der Waals surface area contributed by atoms with E-state index in [1.54, 1.807) is 0 Å². The largest absolute Gasteiger partial charge is 0.220 e. The van der Waals surface area contributed by atoms with E-state index in [2.05, 4.69) is 126 Å². The van der Waals surface area contributed by atoms with E-state index in [-0.39, 0.29) is 0 Å². The molecule has 0 N–H and O–H groups in total. The summed E-state index contributed by atoms with van der Waals surface area (Å²) in [6.45, 7) is 0. The second kappa shape index (κ2) is 7.69. The molecule has 0 radical (unpaired) electrons. The zero-order chi connectivity index (χ0) is 17.8. The Morgan fingerprint density at radius 1 is 0.538 bits per heavy atom. The van der Waals surface area contributed by atoms with Crippen molar-refractivity contribution in [3.05, 3.63) is 113 Å². The summed E-state index contributed by atoms with van der Waals surface area (Å²) in [5.74, 6) is 0. The standard InChI is InChI=1S/C23H18INP/c24-19-16-17-23(25-18-19)26(20-10-4-1-5-11-20,21-12-6-2-7-13-21)22-14-8-3-9-15-22/h1-18H/q+1. The van der Waals surface area contributed by atoms with E-state index in [1.165, 1.54) is 15.9 Å². The van der Waals surface area contributed by atoms with Gasteiger partial charge in [0.05, 0.1) is 0 Å². The lowest BCUT2D eigenvalue weighted by Crippen LogP contribution is -2.39. The second-order valence-corrected chi connectivity index (χ2v) is 10.6. The lowest BCUT2D eigenvalue weighted by molar-refractivity contribution is 1.36. The molecule has 0 atom stereocenters. The number of aromatic nitrogens is 1. The molecule has 0 aliphatic rings. The number of halogens is 1. The Hall–Kier alpha value is -2.03. The summed E-state index contributed by atoms with van der Waals surface area (Å²) in [6, 6.07) is 36.8. The van der Waals surface area contributed by atoms with Crippen LogP contribution in [0.2, 0.25) is 0 Å². The molecule has 0 amide bonds. The Labute approximate surface area is 168 Å². The third kappa shape index (κ3) is 3.08. The number of pyridine rings is 1. The highest BCUT2D eigenvalue weighted by Gasteiger charge is 2.49. The van der Waals surface area contributed by atoms with Crippen LogP contribution in [-0.4, -0.2) is 4.98 Å². The zero-order valence-electron chi connectivity index (χ0n) is 14.2. The van der Waals surface area contributed by atoms with Crippen LogP contribution < -0.4 is 21.3 Å². The van der Waals surface area contributed by atoms with Gasteiger partial charge in [-0.25, -0.2) is 4.98 Å². The van der Waals surface area contributed by atoms with Gasteiger partial charge in [-0.3, -0.25) is 0 Å². The Kier molecular flexibility index (Phi) is 5.14. The summed E-state index contributed by atoms with van der Waals surface area (Å²) in [4.78, 5) is 4.92. The summed E-state index contributed by atoms with van der Waals surface area (Å²) in [7, 11) is -2.04. The fraction of sp³-hybridized carbons (Fsp3) is 0. The lowest BCUT2D eigenvalue weighted by atomic mass is 10.4. The highest BCUT2D eigenvalue weighted by atomic mass is 127. The first-order chi connectivity index (χ1) is 12.8. The van der Waals surface area contributed by atoms with E-state index in [1.807, 2.05) is 6.20 Å². The molecule has 0 aliphatic heterocycles. The van der Waals surface area contributed by atoms with Crippen molar-refractivity contribution in [1.82, 2.24) is 4.98 Å². The molecule has 1 aromatic heterocycles. The molecule has 0 bridgehead atoms. The van der Waals surface area contributed by atoms with Crippen molar-refractivity contribution in [2.45, 2.75) is 0 Å². The van der Waals surface area contributed by atoms with Crippen molar-refractivity contribution in [3.63, 3.8) is 0 Å². The van der Waals surface area contributed by atoms with Crippen LogP contribution in [0.25, 0.3) is 0 Å². The fourth-order valence-electron chi connectivity index (χ4n) is 3.37. The number of hydrogen-bond donors (Lipinski definition) is 0.